The molecule has 0 spiro atoms. The summed E-state index contributed by atoms with van der Waals surface area (Å²) in [6.45, 7) is 0.495. The number of carbonyl (C=O) groups is 1. The first kappa shape index (κ1) is 15.2. The minimum atomic E-state index is -0.221. The lowest BCUT2D eigenvalue weighted by atomic mass is 10.1. The highest BCUT2D eigenvalue weighted by Gasteiger charge is 2.13. The molecule has 2 heterocycles. The standard InChI is InChI=1S/C14H15N5O3S/c1-21-10-4-3-9(7-11(10)22-2)5-6-15-12(20)13-18-19-8-16-17-14(19)23-13/h3-4,7-8H,5-6H2,1-2H3,(H,15,20). The van der Waals surface area contributed by atoms with Crippen molar-refractivity contribution in [2.45, 2.75) is 6.42 Å². The van der Waals surface area contributed by atoms with Crippen LogP contribution in [0.25, 0.3) is 4.96 Å². The number of hydrogen-bond acceptors (Lipinski definition) is 7. The third kappa shape index (κ3) is 3.24. The predicted molar refractivity (Wildman–Crippen MR) is 84.2 cm³/mol. The summed E-state index contributed by atoms with van der Waals surface area (Å²) in [5, 5.41) is 14.9. The van der Waals surface area contributed by atoms with Crippen molar-refractivity contribution in [3.05, 3.63) is 35.1 Å². The Morgan fingerprint density at radius 3 is 2.87 bits per heavy atom. The van der Waals surface area contributed by atoms with E-state index in [1.54, 1.807) is 14.2 Å². The van der Waals surface area contributed by atoms with Crippen LogP contribution in [-0.4, -0.2) is 46.5 Å². The second-order valence-electron chi connectivity index (χ2n) is 4.66. The first-order chi connectivity index (χ1) is 11.2. The average molecular weight is 333 g/mol. The number of fused-ring (bicyclic) bond motifs is 1. The summed E-state index contributed by atoms with van der Waals surface area (Å²) in [6, 6.07) is 5.68. The Morgan fingerprint density at radius 1 is 1.30 bits per heavy atom. The van der Waals surface area contributed by atoms with E-state index in [2.05, 4.69) is 20.6 Å². The molecule has 0 unspecified atom stereocenters. The molecular weight excluding hydrogens is 318 g/mol. The van der Waals surface area contributed by atoms with Crippen LogP contribution in [0.4, 0.5) is 0 Å². The number of benzene rings is 1. The number of ether oxygens (including phenoxy) is 2. The number of nitrogens with one attached hydrogen (secondary N) is 1. The van der Waals surface area contributed by atoms with Gasteiger partial charge in [0, 0.05) is 6.54 Å². The van der Waals surface area contributed by atoms with Gasteiger partial charge in [0.25, 0.3) is 5.91 Å². The molecule has 0 saturated carbocycles. The average Bonchev–Trinajstić information content (AvgIpc) is 3.16. The molecule has 0 fully saturated rings. The van der Waals surface area contributed by atoms with E-state index in [9.17, 15) is 4.79 Å². The zero-order valence-electron chi connectivity index (χ0n) is 12.6. The van der Waals surface area contributed by atoms with E-state index in [1.807, 2.05) is 18.2 Å². The lowest BCUT2D eigenvalue weighted by molar-refractivity contribution is 0.0952. The summed E-state index contributed by atoms with van der Waals surface area (Å²) in [4.78, 5) is 12.6. The quantitative estimate of drug-likeness (QED) is 0.728. The molecule has 1 aromatic carbocycles. The Kier molecular flexibility index (Phi) is 4.38. The van der Waals surface area contributed by atoms with Gasteiger partial charge in [-0.3, -0.25) is 4.79 Å². The van der Waals surface area contributed by atoms with Crippen molar-refractivity contribution in [1.29, 1.82) is 0 Å². The third-order valence-corrected chi connectivity index (χ3v) is 4.14. The molecule has 3 aromatic rings. The number of rotatable bonds is 6. The van der Waals surface area contributed by atoms with E-state index in [4.69, 9.17) is 9.47 Å². The van der Waals surface area contributed by atoms with Crippen LogP contribution in [0.2, 0.25) is 0 Å². The van der Waals surface area contributed by atoms with Crippen molar-refractivity contribution >= 4 is 22.2 Å². The second kappa shape index (κ2) is 6.61. The molecule has 0 saturated heterocycles. The Labute approximate surface area is 136 Å². The normalized spacial score (nSPS) is 10.7. The minimum absolute atomic E-state index is 0.221. The fourth-order valence-corrected chi connectivity index (χ4v) is 2.82. The van der Waals surface area contributed by atoms with E-state index in [-0.39, 0.29) is 5.91 Å². The summed E-state index contributed by atoms with van der Waals surface area (Å²) >= 11 is 1.20. The monoisotopic (exact) mass is 333 g/mol. The summed E-state index contributed by atoms with van der Waals surface area (Å²) in [5.41, 5.74) is 1.04. The molecule has 23 heavy (non-hydrogen) atoms. The van der Waals surface area contributed by atoms with Crippen LogP contribution in [0, 0.1) is 0 Å². The molecule has 120 valence electrons. The van der Waals surface area contributed by atoms with Crippen LogP contribution in [0.1, 0.15) is 15.4 Å². The van der Waals surface area contributed by atoms with E-state index in [1.165, 1.54) is 22.2 Å². The van der Waals surface area contributed by atoms with Gasteiger partial charge < -0.3 is 14.8 Å². The summed E-state index contributed by atoms with van der Waals surface area (Å²) in [6.07, 6.45) is 2.14. The molecular formula is C14H15N5O3S. The van der Waals surface area contributed by atoms with Gasteiger partial charge in [-0.1, -0.05) is 17.4 Å². The zero-order valence-corrected chi connectivity index (χ0v) is 13.5. The van der Waals surface area contributed by atoms with Crippen molar-refractivity contribution in [3.63, 3.8) is 0 Å². The van der Waals surface area contributed by atoms with Gasteiger partial charge in [0.15, 0.2) is 11.5 Å². The van der Waals surface area contributed by atoms with Gasteiger partial charge in [-0.05, 0) is 24.1 Å². The Hall–Kier alpha value is -2.68. The van der Waals surface area contributed by atoms with Gasteiger partial charge in [0.2, 0.25) is 9.97 Å². The first-order valence-electron chi connectivity index (χ1n) is 6.87. The smallest absolute Gasteiger partial charge is 0.282 e. The molecule has 0 aliphatic rings. The van der Waals surface area contributed by atoms with Crippen LogP contribution >= 0.6 is 11.3 Å². The fourth-order valence-electron chi connectivity index (χ4n) is 2.08. The highest BCUT2D eigenvalue weighted by atomic mass is 32.1. The molecule has 0 aliphatic carbocycles. The van der Waals surface area contributed by atoms with Crippen molar-refractivity contribution < 1.29 is 14.3 Å². The molecule has 8 nitrogen and oxygen atoms in total. The number of aromatic nitrogens is 4. The lowest BCUT2D eigenvalue weighted by Gasteiger charge is -2.09. The van der Waals surface area contributed by atoms with Gasteiger partial charge in [0.1, 0.15) is 6.33 Å². The summed E-state index contributed by atoms with van der Waals surface area (Å²) < 4.78 is 11.9. The third-order valence-electron chi connectivity index (χ3n) is 3.23. The van der Waals surface area contributed by atoms with Gasteiger partial charge in [-0.15, -0.1) is 15.3 Å². The van der Waals surface area contributed by atoms with Crippen molar-refractivity contribution in [2.75, 3.05) is 20.8 Å². The molecule has 0 aliphatic heterocycles. The number of hydrogen-bond donors (Lipinski definition) is 1. The fraction of sp³-hybridized carbons (Fsp3) is 0.286. The molecule has 9 heteroatoms. The topological polar surface area (TPSA) is 90.6 Å². The number of carbonyl (C=O) groups excluding carboxylic acids is 1. The number of methoxy groups -OCH3 is 2. The van der Waals surface area contributed by atoms with Crippen LogP contribution in [-0.2, 0) is 6.42 Å². The molecule has 3 rings (SSSR count). The zero-order chi connectivity index (χ0) is 16.2. The molecule has 2 aromatic heterocycles. The predicted octanol–water partition coefficient (Wildman–Crippen LogP) is 1.18. The number of amides is 1. The van der Waals surface area contributed by atoms with Crippen molar-refractivity contribution in [3.8, 4) is 11.5 Å². The van der Waals surface area contributed by atoms with Crippen LogP contribution in [0.5, 0.6) is 11.5 Å². The molecule has 1 N–H and O–H groups in total. The van der Waals surface area contributed by atoms with Gasteiger partial charge in [0.05, 0.1) is 14.2 Å². The Balaban J connectivity index is 1.58. The molecule has 0 atom stereocenters. The second-order valence-corrected chi connectivity index (χ2v) is 5.62. The summed E-state index contributed by atoms with van der Waals surface area (Å²) in [5.74, 6) is 1.13. The van der Waals surface area contributed by atoms with Gasteiger partial charge >= 0.3 is 0 Å². The van der Waals surface area contributed by atoms with Crippen molar-refractivity contribution in [2.24, 2.45) is 0 Å². The number of nitrogens with zero attached hydrogens (tertiary/aromatic N) is 4. The van der Waals surface area contributed by atoms with Crippen LogP contribution in [0.15, 0.2) is 24.5 Å². The first-order valence-corrected chi connectivity index (χ1v) is 7.69. The minimum Gasteiger partial charge on any atom is -0.493 e. The largest absolute Gasteiger partial charge is 0.493 e. The maximum absolute atomic E-state index is 12.1. The van der Waals surface area contributed by atoms with E-state index < -0.39 is 0 Å². The van der Waals surface area contributed by atoms with Crippen LogP contribution in [0.3, 0.4) is 0 Å². The highest BCUT2D eigenvalue weighted by Crippen LogP contribution is 2.27. The van der Waals surface area contributed by atoms with E-state index >= 15 is 0 Å². The van der Waals surface area contributed by atoms with E-state index in [0.717, 1.165) is 5.56 Å². The maximum Gasteiger partial charge on any atom is 0.282 e. The highest BCUT2D eigenvalue weighted by molar-refractivity contribution is 7.18. The summed E-state index contributed by atoms with van der Waals surface area (Å²) in [7, 11) is 3.19. The van der Waals surface area contributed by atoms with Crippen molar-refractivity contribution in [1.82, 2.24) is 25.1 Å². The lowest BCUT2D eigenvalue weighted by Crippen LogP contribution is -2.25. The Bertz CT molecular complexity index is 800. The molecule has 0 radical (unpaired) electrons. The molecule has 1 amide bonds. The SMILES string of the molecule is COc1ccc(CCNC(=O)c2nn3cnnc3s2)cc1OC. The van der Waals surface area contributed by atoms with Gasteiger partial charge in [-0.2, -0.15) is 4.52 Å². The van der Waals surface area contributed by atoms with Gasteiger partial charge in [-0.25, -0.2) is 0 Å². The maximum atomic E-state index is 12.1. The van der Waals surface area contributed by atoms with Crippen LogP contribution < -0.4 is 14.8 Å². The Morgan fingerprint density at radius 2 is 2.13 bits per heavy atom. The molecule has 0 bridgehead atoms. The van der Waals surface area contributed by atoms with E-state index in [0.29, 0.717) is 34.4 Å².